The van der Waals surface area contributed by atoms with Crippen molar-refractivity contribution in [1.29, 1.82) is 0 Å². The van der Waals surface area contributed by atoms with Gasteiger partial charge in [0.1, 0.15) is 17.3 Å². The van der Waals surface area contributed by atoms with Gasteiger partial charge in [0.25, 0.3) is 0 Å². The van der Waals surface area contributed by atoms with E-state index in [1.807, 2.05) is 30.3 Å². The number of carbonyl (C=O) groups is 1. The summed E-state index contributed by atoms with van der Waals surface area (Å²) in [4.78, 5) is 11.1. The molecule has 134 valence electrons. The van der Waals surface area contributed by atoms with Crippen molar-refractivity contribution in [2.45, 2.75) is 13.0 Å². The Kier molecular flexibility index (Phi) is 5.71. The van der Waals surface area contributed by atoms with Crippen LogP contribution in [0.4, 0.5) is 0 Å². The third-order valence-corrected chi connectivity index (χ3v) is 4.10. The minimum absolute atomic E-state index is 0.248. The number of aromatic carboxylic acids is 1. The summed E-state index contributed by atoms with van der Waals surface area (Å²) in [5.41, 5.74) is 2.25. The zero-order valence-electron chi connectivity index (χ0n) is 14.6. The second-order valence-electron chi connectivity index (χ2n) is 5.93. The Morgan fingerprint density at radius 1 is 1.12 bits per heavy atom. The summed E-state index contributed by atoms with van der Waals surface area (Å²) in [5, 5.41) is 12.4. The third kappa shape index (κ3) is 4.52. The van der Waals surface area contributed by atoms with Crippen molar-refractivity contribution in [2.75, 3.05) is 13.7 Å². The summed E-state index contributed by atoms with van der Waals surface area (Å²) >= 11 is 0. The molecule has 0 bridgehead atoms. The number of benzene rings is 2. The molecular weight excluding hydrogens is 330 g/mol. The first kappa shape index (κ1) is 17.8. The zero-order valence-corrected chi connectivity index (χ0v) is 14.6. The van der Waals surface area contributed by atoms with Gasteiger partial charge < -0.3 is 19.6 Å². The van der Waals surface area contributed by atoms with Crippen LogP contribution in [0.25, 0.3) is 11.3 Å². The van der Waals surface area contributed by atoms with Gasteiger partial charge >= 0.3 is 5.97 Å². The van der Waals surface area contributed by atoms with Gasteiger partial charge in [-0.1, -0.05) is 24.3 Å². The maximum atomic E-state index is 11.1. The Balaban J connectivity index is 1.52. The number of carboxylic acids is 1. The Labute approximate surface area is 152 Å². The summed E-state index contributed by atoms with van der Waals surface area (Å²) in [6.07, 6.45) is 0.915. The third-order valence-electron chi connectivity index (χ3n) is 4.10. The fourth-order valence-corrected chi connectivity index (χ4v) is 2.67. The molecule has 0 saturated carbocycles. The molecule has 0 saturated heterocycles. The van der Waals surface area contributed by atoms with E-state index < -0.39 is 5.97 Å². The lowest BCUT2D eigenvalue weighted by molar-refractivity contribution is 0.0697. The Morgan fingerprint density at radius 3 is 2.65 bits per heavy atom. The summed E-state index contributed by atoms with van der Waals surface area (Å²) in [6, 6.07) is 18.5. The second kappa shape index (κ2) is 8.36. The lowest BCUT2D eigenvalue weighted by Crippen LogP contribution is -2.16. The van der Waals surface area contributed by atoms with E-state index in [4.69, 9.17) is 14.3 Å². The van der Waals surface area contributed by atoms with E-state index in [-0.39, 0.29) is 5.56 Å². The molecule has 5 nitrogen and oxygen atoms in total. The number of rotatable bonds is 8. The SMILES string of the molecule is COc1ccc(CCNCc2ccc(-c3cccc(C(=O)O)c3)o2)cc1. The van der Waals surface area contributed by atoms with Gasteiger partial charge in [-0.3, -0.25) is 0 Å². The Hall–Kier alpha value is -3.05. The molecule has 0 fully saturated rings. The van der Waals surface area contributed by atoms with Crippen molar-refractivity contribution in [3.05, 3.63) is 77.6 Å². The van der Waals surface area contributed by atoms with Crippen LogP contribution in [-0.4, -0.2) is 24.7 Å². The van der Waals surface area contributed by atoms with Gasteiger partial charge in [0.2, 0.25) is 0 Å². The van der Waals surface area contributed by atoms with E-state index in [0.29, 0.717) is 12.3 Å². The van der Waals surface area contributed by atoms with Crippen LogP contribution in [-0.2, 0) is 13.0 Å². The largest absolute Gasteiger partial charge is 0.497 e. The summed E-state index contributed by atoms with van der Waals surface area (Å²) < 4.78 is 11.0. The molecule has 0 radical (unpaired) electrons. The molecule has 26 heavy (non-hydrogen) atoms. The summed E-state index contributed by atoms with van der Waals surface area (Å²) in [7, 11) is 1.66. The van der Waals surface area contributed by atoms with Crippen molar-refractivity contribution >= 4 is 5.97 Å². The number of ether oxygens (including phenoxy) is 1. The highest BCUT2D eigenvalue weighted by molar-refractivity contribution is 5.89. The monoisotopic (exact) mass is 351 g/mol. The molecule has 0 amide bonds. The van der Waals surface area contributed by atoms with Crippen molar-refractivity contribution in [3.63, 3.8) is 0 Å². The standard InChI is InChI=1S/C21H21NO4/c1-25-18-7-5-15(6-8-18)11-12-22-14-19-9-10-20(26-19)16-3-2-4-17(13-16)21(23)24/h2-10,13,22H,11-12,14H2,1H3,(H,23,24). The highest BCUT2D eigenvalue weighted by atomic mass is 16.5. The quantitative estimate of drug-likeness (QED) is 0.601. The number of carboxylic acid groups (broad SMARTS) is 1. The van der Waals surface area contributed by atoms with Gasteiger partial charge in [0, 0.05) is 5.56 Å². The fourth-order valence-electron chi connectivity index (χ4n) is 2.67. The lowest BCUT2D eigenvalue weighted by Gasteiger charge is -2.05. The molecule has 3 rings (SSSR count). The summed E-state index contributed by atoms with van der Waals surface area (Å²) in [5.74, 6) is 1.39. The van der Waals surface area contributed by atoms with Gasteiger partial charge in [-0.25, -0.2) is 4.79 Å². The van der Waals surface area contributed by atoms with Gasteiger partial charge in [-0.15, -0.1) is 0 Å². The van der Waals surface area contributed by atoms with E-state index in [1.165, 1.54) is 5.56 Å². The number of nitrogens with one attached hydrogen (secondary N) is 1. The van der Waals surface area contributed by atoms with Crippen LogP contribution in [0.15, 0.2) is 65.1 Å². The van der Waals surface area contributed by atoms with Crippen molar-refractivity contribution < 1.29 is 19.1 Å². The van der Waals surface area contributed by atoms with Crippen LogP contribution < -0.4 is 10.1 Å². The molecule has 0 spiro atoms. The van der Waals surface area contributed by atoms with E-state index in [2.05, 4.69) is 17.4 Å². The molecule has 0 aliphatic carbocycles. The number of hydrogen-bond acceptors (Lipinski definition) is 4. The molecule has 1 heterocycles. The lowest BCUT2D eigenvalue weighted by atomic mass is 10.1. The molecule has 3 aromatic rings. The second-order valence-corrected chi connectivity index (χ2v) is 5.93. The molecule has 5 heteroatoms. The highest BCUT2D eigenvalue weighted by Crippen LogP contribution is 2.23. The van der Waals surface area contributed by atoms with Crippen molar-refractivity contribution in [2.24, 2.45) is 0 Å². The fraction of sp³-hybridized carbons (Fsp3) is 0.190. The van der Waals surface area contributed by atoms with E-state index in [1.54, 1.807) is 25.3 Å². The van der Waals surface area contributed by atoms with E-state index in [9.17, 15) is 4.79 Å². The van der Waals surface area contributed by atoms with Crippen LogP contribution in [0.2, 0.25) is 0 Å². The normalized spacial score (nSPS) is 10.7. The van der Waals surface area contributed by atoms with Crippen molar-refractivity contribution in [3.8, 4) is 17.1 Å². The number of furan rings is 1. The molecule has 0 atom stereocenters. The van der Waals surface area contributed by atoms with Crippen LogP contribution in [0.5, 0.6) is 5.75 Å². The van der Waals surface area contributed by atoms with Gasteiger partial charge in [0.15, 0.2) is 0 Å². The topological polar surface area (TPSA) is 71.7 Å². The predicted molar refractivity (Wildman–Crippen MR) is 99.5 cm³/mol. The number of hydrogen-bond donors (Lipinski definition) is 2. The maximum absolute atomic E-state index is 11.1. The van der Waals surface area contributed by atoms with Crippen LogP contribution >= 0.6 is 0 Å². The first-order chi connectivity index (χ1) is 12.7. The van der Waals surface area contributed by atoms with Gasteiger partial charge in [0.05, 0.1) is 19.2 Å². The van der Waals surface area contributed by atoms with E-state index >= 15 is 0 Å². The molecule has 0 aliphatic rings. The molecular formula is C21H21NO4. The minimum atomic E-state index is -0.946. The Bertz CT molecular complexity index is 868. The van der Waals surface area contributed by atoms with Gasteiger partial charge in [-0.2, -0.15) is 0 Å². The molecule has 0 unspecified atom stereocenters. The average molecular weight is 351 g/mol. The van der Waals surface area contributed by atoms with Crippen LogP contribution in [0, 0.1) is 0 Å². The first-order valence-corrected chi connectivity index (χ1v) is 8.42. The average Bonchev–Trinajstić information content (AvgIpc) is 3.15. The van der Waals surface area contributed by atoms with Crippen LogP contribution in [0.1, 0.15) is 21.7 Å². The highest BCUT2D eigenvalue weighted by Gasteiger charge is 2.08. The molecule has 1 aromatic heterocycles. The predicted octanol–water partition coefficient (Wildman–Crippen LogP) is 3.99. The van der Waals surface area contributed by atoms with Gasteiger partial charge in [-0.05, 0) is 54.9 Å². The number of methoxy groups -OCH3 is 1. The van der Waals surface area contributed by atoms with Crippen molar-refractivity contribution in [1.82, 2.24) is 5.32 Å². The zero-order chi connectivity index (χ0) is 18.4. The smallest absolute Gasteiger partial charge is 0.335 e. The molecule has 0 aliphatic heterocycles. The molecule has 2 aromatic carbocycles. The maximum Gasteiger partial charge on any atom is 0.335 e. The van der Waals surface area contributed by atoms with Crippen LogP contribution in [0.3, 0.4) is 0 Å². The minimum Gasteiger partial charge on any atom is -0.497 e. The summed E-state index contributed by atoms with van der Waals surface area (Å²) in [6.45, 7) is 1.45. The first-order valence-electron chi connectivity index (χ1n) is 8.42. The van der Waals surface area contributed by atoms with E-state index in [0.717, 1.165) is 30.0 Å². The molecule has 2 N–H and O–H groups in total. The Morgan fingerprint density at radius 2 is 1.92 bits per heavy atom.